The van der Waals surface area contributed by atoms with E-state index >= 15 is 0 Å². The predicted molar refractivity (Wildman–Crippen MR) is 92.8 cm³/mol. The van der Waals surface area contributed by atoms with Gasteiger partial charge in [0, 0.05) is 29.5 Å². The molecule has 0 atom stereocenters. The van der Waals surface area contributed by atoms with Crippen LogP contribution < -0.4 is 15.4 Å². The standard InChI is InChI=1S/C17H18ClN3O2/c1-4-6-20-17(22)15-9-12(5-7-19-15)21-14-8-11(2)13(18)10-16(14)23-3/h4-5,7-10H,1,6H2,2-3H3,(H,19,21)(H,20,22). The van der Waals surface area contributed by atoms with Crippen LogP contribution in [0, 0.1) is 6.92 Å². The zero-order valence-corrected chi connectivity index (χ0v) is 13.8. The summed E-state index contributed by atoms with van der Waals surface area (Å²) in [6.45, 7) is 5.86. The van der Waals surface area contributed by atoms with Gasteiger partial charge in [0.25, 0.3) is 5.91 Å². The Balaban J connectivity index is 2.25. The molecule has 23 heavy (non-hydrogen) atoms. The summed E-state index contributed by atoms with van der Waals surface area (Å²) < 4.78 is 5.33. The van der Waals surface area contributed by atoms with Gasteiger partial charge in [-0.3, -0.25) is 9.78 Å². The van der Waals surface area contributed by atoms with Crippen molar-refractivity contribution < 1.29 is 9.53 Å². The third-order valence-electron chi connectivity index (χ3n) is 3.16. The molecular weight excluding hydrogens is 314 g/mol. The summed E-state index contributed by atoms with van der Waals surface area (Å²) in [6.07, 6.45) is 3.18. The van der Waals surface area contributed by atoms with Crippen molar-refractivity contribution in [3.8, 4) is 5.75 Å². The van der Waals surface area contributed by atoms with Crippen molar-refractivity contribution in [1.29, 1.82) is 0 Å². The van der Waals surface area contributed by atoms with Gasteiger partial charge in [0.1, 0.15) is 11.4 Å². The number of nitrogens with zero attached hydrogens (tertiary/aromatic N) is 1. The number of carbonyl (C=O) groups is 1. The molecule has 1 heterocycles. The third-order valence-corrected chi connectivity index (χ3v) is 3.57. The number of amides is 1. The Morgan fingerprint density at radius 1 is 1.43 bits per heavy atom. The number of hydrogen-bond donors (Lipinski definition) is 2. The van der Waals surface area contributed by atoms with Crippen molar-refractivity contribution in [2.24, 2.45) is 0 Å². The Morgan fingerprint density at radius 2 is 2.22 bits per heavy atom. The number of pyridine rings is 1. The molecule has 1 aromatic heterocycles. The SMILES string of the molecule is C=CCNC(=O)c1cc(Nc2cc(C)c(Cl)cc2OC)ccn1. The van der Waals surface area contributed by atoms with Gasteiger partial charge in [0.15, 0.2) is 0 Å². The number of nitrogens with one attached hydrogen (secondary N) is 2. The fourth-order valence-corrected chi connectivity index (χ4v) is 2.13. The number of hydrogen-bond acceptors (Lipinski definition) is 4. The van der Waals surface area contributed by atoms with Gasteiger partial charge < -0.3 is 15.4 Å². The largest absolute Gasteiger partial charge is 0.495 e. The van der Waals surface area contributed by atoms with Crippen LogP contribution in [0.3, 0.4) is 0 Å². The Labute approximate surface area is 140 Å². The van der Waals surface area contributed by atoms with E-state index in [9.17, 15) is 4.79 Å². The second-order valence-corrected chi connectivity index (χ2v) is 5.26. The van der Waals surface area contributed by atoms with Gasteiger partial charge >= 0.3 is 0 Å². The summed E-state index contributed by atoms with van der Waals surface area (Å²) in [5.41, 5.74) is 2.73. The van der Waals surface area contributed by atoms with Crippen molar-refractivity contribution in [3.05, 3.63) is 59.4 Å². The summed E-state index contributed by atoms with van der Waals surface area (Å²) in [5, 5.41) is 6.54. The van der Waals surface area contributed by atoms with E-state index in [4.69, 9.17) is 16.3 Å². The number of ether oxygens (including phenoxy) is 1. The van der Waals surface area contributed by atoms with Crippen LogP contribution in [0.5, 0.6) is 5.75 Å². The van der Waals surface area contributed by atoms with Crippen LogP contribution >= 0.6 is 11.6 Å². The quantitative estimate of drug-likeness (QED) is 0.792. The summed E-state index contributed by atoms with van der Waals surface area (Å²) in [5.74, 6) is 0.364. The average molecular weight is 332 g/mol. The van der Waals surface area contributed by atoms with Gasteiger partial charge in [-0.05, 0) is 30.7 Å². The molecule has 0 spiro atoms. The first kappa shape index (κ1) is 16.8. The minimum Gasteiger partial charge on any atom is -0.495 e. The molecule has 6 heteroatoms. The summed E-state index contributed by atoms with van der Waals surface area (Å²) >= 11 is 6.10. The number of halogens is 1. The van der Waals surface area contributed by atoms with Crippen molar-refractivity contribution in [2.45, 2.75) is 6.92 Å². The predicted octanol–water partition coefficient (Wildman–Crippen LogP) is 3.71. The molecular formula is C17H18ClN3O2. The minimum atomic E-state index is -0.257. The first-order valence-corrected chi connectivity index (χ1v) is 7.39. The third kappa shape index (κ3) is 4.23. The second-order valence-electron chi connectivity index (χ2n) is 4.86. The lowest BCUT2D eigenvalue weighted by atomic mass is 10.2. The van der Waals surface area contributed by atoms with Crippen LogP contribution in [-0.4, -0.2) is 24.5 Å². The van der Waals surface area contributed by atoms with Crippen molar-refractivity contribution in [3.63, 3.8) is 0 Å². The molecule has 5 nitrogen and oxygen atoms in total. The molecule has 0 unspecified atom stereocenters. The topological polar surface area (TPSA) is 63.2 Å². The van der Waals surface area contributed by atoms with Gasteiger partial charge in [0.05, 0.1) is 12.8 Å². The fourth-order valence-electron chi connectivity index (χ4n) is 1.97. The van der Waals surface area contributed by atoms with E-state index in [0.717, 1.165) is 16.9 Å². The molecule has 0 saturated carbocycles. The number of aryl methyl sites for hydroxylation is 1. The lowest BCUT2D eigenvalue weighted by Crippen LogP contribution is -2.24. The number of methoxy groups -OCH3 is 1. The van der Waals surface area contributed by atoms with E-state index in [1.54, 1.807) is 37.6 Å². The summed E-state index contributed by atoms with van der Waals surface area (Å²) in [4.78, 5) is 16.0. The highest BCUT2D eigenvalue weighted by Gasteiger charge is 2.10. The van der Waals surface area contributed by atoms with E-state index in [1.165, 1.54) is 0 Å². The number of aromatic nitrogens is 1. The molecule has 2 rings (SSSR count). The highest BCUT2D eigenvalue weighted by atomic mass is 35.5. The van der Waals surface area contributed by atoms with Gasteiger partial charge in [-0.1, -0.05) is 17.7 Å². The maximum absolute atomic E-state index is 11.9. The van der Waals surface area contributed by atoms with Crippen molar-refractivity contribution in [2.75, 3.05) is 19.0 Å². The second kappa shape index (κ2) is 7.65. The van der Waals surface area contributed by atoms with Crippen LogP contribution in [0.25, 0.3) is 0 Å². The molecule has 2 aromatic rings. The van der Waals surface area contributed by atoms with E-state index in [0.29, 0.717) is 23.0 Å². The molecule has 2 N–H and O–H groups in total. The lowest BCUT2D eigenvalue weighted by molar-refractivity contribution is 0.0953. The number of benzene rings is 1. The molecule has 1 amide bonds. The fraction of sp³-hybridized carbons (Fsp3) is 0.176. The Hall–Kier alpha value is -2.53. The molecule has 0 aliphatic carbocycles. The van der Waals surface area contributed by atoms with Crippen LogP contribution in [0.4, 0.5) is 11.4 Å². The van der Waals surface area contributed by atoms with E-state index in [2.05, 4.69) is 22.2 Å². The molecule has 0 fully saturated rings. The first-order valence-electron chi connectivity index (χ1n) is 7.01. The van der Waals surface area contributed by atoms with Crippen LogP contribution in [0.1, 0.15) is 16.1 Å². The van der Waals surface area contributed by atoms with Crippen LogP contribution in [0.15, 0.2) is 43.1 Å². The summed E-state index contributed by atoms with van der Waals surface area (Å²) in [7, 11) is 1.58. The maximum atomic E-state index is 11.9. The normalized spacial score (nSPS) is 10.0. The molecule has 0 aliphatic rings. The van der Waals surface area contributed by atoms with Crippen LogP contribution in [0.2, 0.25) is 5.02 Å². The van der Waals surface area contributed by atoms with E-state index < -0.39 is 0 Å². The highest BCUT2D eigenvalue weighted by molar-refractivity contribution is 6.31. The molecule has 1 aromatic carbocycles. The number of carbonyl (C=O) groups excluding carboxylic acids is 1. The van der Waals surface area contributed by atoms with Crippen molar-refractivity contribution >= 4 is 28.9 Å². The van der Waals surface area contributed by atoms with Gasteiger partial charge in [-0.2, -0.15) is 0 Å². The number of rotatable bonds is 6. The van der Waals surface area contributed by atoms with E-state index in [-0.39, 0.29) is 5.91 Å². The molecule has 0 aliphatic heterocycles. The maximum Gasteiger partial charge on any atom is 0.270 e. The van der Waals surface area contributed by atoms with Gasteiger partial charge in [-0.25, -0.2) is 0 Å². The smallest absolute Gasteiger partial charge is 0.270 e. The molecule has 0 radical (unpaired) electrons. The Kier molecular flexibility index (Phi) is 5.60. The molecule has 120 valence electrons. The zero-order valence-electron chi connectivity index (χ0n) is 13.0. The Morgan fingerprint density at radius 3 is 2.91 bits per heavy atom. The highest BCUT2D eigenvalue weighted by Crippen LogP contribution is 2.33. The zero-order chi connectivity index (χ0) is 16.8. The first-order chi connectivity index (χ1) is 11.0. The van der Waals surface area contributed by atoms with E-state index in [1.807, 2.05) is 13.0 Å². The van der Waals surface area contributed by atoms with Crippen molar-refractivity contribution in [1.82, 2.24) is 10.3 Å². The monoisotopic (exact) mass is 331 g/mol. The summed E-state index contributed by atoms with van der Waals surface area (Å²) in [6, 6.07) is 7.08. The lowest BCUT2D eigenvalue weighted by Gasteiger charge is -2.13. The number of anilines is 2. The Bertz CT molecular complexity index is 732. The van der Waals surface area contributed by atoms with Gasteiger partial charge in [0.2, 0.25) is 0 Å². The molecule has 0 saturated heterocycles. The van der Waals surface area contributed by atoms with Crippen LogP contribution in [-0.2, 0) is 0 Å². The molecule has 0 bridgehead atoms. The van der Waals surface area contributed by atoms with Gasteiger partial charge in [-0.15, -0.1) is 6.58 Å². The average Bonchev–Trinajstić information content (AvgIpc) is 2.56. The minimum absolute atomic E-state index is 0.257.